The quantitative estimate of drug-likeness (QED) is 0.546. The van der Waals surface area contributed by atoms with Gasteiger partial charge in [0.2, 0.25) is 0 Å². The van der Waals surface area contributed by atoms with Gasteiger partial charge < -0.3 is 4.74 Å². The van der Waals surface area contributed by atoms with Gasteiger partial charge >= 0.3 is 5.97 Å². The predicted molar refractivity (Wildman–Crippen MR) is 123 cm³/mol. The molecule has 1 atom stereocenters. The number of thiazole rings is 1. The van der Waals surface area contributed by atoms with Gasteiger partial charge in [0, 0.05) is 9.75 Å². The van der Waals surface area contributed by atoms with Crippen LogP contribution in [0.5, 0.6) is 0 Å². The van der Waals surface area contributed by atoms with Gasteiger partial charge in [-0.3, -0.25) is 9.36 Å². The molecule has 1 aliphatic heterocycles. The van der Waals surface area contributed by atoms with Gasteiger partial charge in [0.05, 0.1) is 22.4 Å². The van der Waals surface area contributed by atoms with E-state index in [0.29, 0.717) is 27.2 Å². The number of carbonyl (C=O) groups excluding carboxylic acids is 1. The number of aromatic nitrogens is 1. The Morgan fingerprint density at radius 1 is 1.27 bits per heavy atom. The summed E-state index contributed by atoms with van der Waals surface area (Å²) >= 11 is 4.48. The van der Waals surface area contributed by atoms with Crippen molar-refractivity contribution in [3.63, 3.8) is 0 Å². The molecule has 0 bridgehead atoms. The summed E-state index contributed by atoms with van der Waals surface area (Å²) in [5, 5.41) is 3.96. The molecule has 30 heavy (non-hydrogen) atoms. The van der Waals surface area contributed by atoms with Gasteiger partial charge in [0.25, 0.3) is 5.56 Å². The maximum Gasteiger partial charge on any atom is 0.338 e. The van der Waals surface area contributed by atoms with E-state index >= 15 is 0 Å². The number of thiophene rings is 2. The van der Waals surface area contributed by atoms with Crippen LogP contribution in [0.2, 0.25) is 0 Å². The van der Waals surface area contributed by atoms with Crippen molar-refractivity contribution in [2.45, 2.75) is 33.7 Å². The number of rotatable bonds is 5. The fourth-order valence-corrected chi connectivity index (χ4v) is 6.06. The van der Waals surface area contributed by atoms with E-state index in [1.165, 1.54) is 22.7 Å². The average Bonchev–Trinajstić information content (AvgIpc) is 3.42. The van der Waals surface area contributed by atoms with E-state index in [9.17, 15) is 9.59 Å². The molecular formula is C22H22N2O3S3. The molecule has 0 amide bonds. The van der Waals surface area contributed by atoms with E-state index in [4.69, 9.17) is 4.74 Å². The predicted octanol–water partition coefficient (Wildman–Crippen LogP) is 3.87. The Morgan fingerprint density at radius 3 is 2.70 bits per heavy atom. The molecule has 3 aromatic rings. The van der Waals surface area contributed by atoms with Crippen molar-refractivity contribution in [2.24, 2.45) is 10.9 Å². The Bertz CT molecular complexity index is 1290. The smallest absolute Gasteiger partial charge is 0.338 e. The van der Waals surface area contributed by atoms with Crippen LogP contribution in [-0.4, -0.2) is 17.1 Å². The third-order valence-corrected chi connectivity index (χ3v) is 7.64. The molecule has 8 heteroatoms. The van der Waals surface area contributed by atoms with Crippen molar-refractivity contribution in [1.82, 2.24) is 4.57 Å². The van der Waals surface area contributed by atoms with Crippen LogP contribution >= 0.6 is 34.0 Å². The van der Waals surface area contributed by atoms with Crippen molar-refractivity contribution in [3.05, 3.63) is 75.2 Å². The van der Waals surface area contributed by atoms with Crippen molar-refractivity contribution in [3.8, 4) is 0 Å². The van der Waals surface area contributed by atoms with Gasteiger partial charge in [-0.15, -0.1) is 22.7 Å². The maximum atomic E-state index is 13.4. The second kappa shape index (κ2) is 8.45. The molecule has 156 valence electrons. The molecule has 0 fully saturated rings. The molecule has 5 nitrogen and oxygen atoms in total. The minimum atomic E-state index is -0.521. The zero-order valence-corrected chi connectivity index (χ0v) is 19.6. The molecule has 0 radical (unpaired) electrons. The van der Waals surface area contributed by atoms with Crippen LogP contribution in [0.3, 0.4) is 0 Å². The summed E-state index contributed by atoms with van der Waals surface area (Å²) in [5.74, 6) is -0.183. The highest BCUT2D eigenvalue weighted by Gasteiger charge is 2.34. The van der Waals surface area contributed by atoms with E-state index in [-0.39, 0.29) is 11.5 Å². The van der Waals surface area contributed by atoms with Crippen LogP contribution in [0.15, 0.2) is 50.0 Å². The number of allylic oxidation sites excluding steroid dienone is 1. The van der Waals surface area contributed by atoms with Gasteiger partial charge in [-0.1, -0.05) is 31.3 Å². The van der Waals surface area contributed by atoms with E-state index < -0.39 is 12.0 Å². The summed E-state index contributed by atoms with van der Waals surface area (Å²) in [5.41, 5.74) is 2.04. The second-order valence-corrected chi connectivity index (χ2v) is 10.5. The van der Waals surface area contributed by atoms with Gasteiger partial charge in [-0.05, 0) is 54.3 Å². The minimum absolute atomic E-state index is 0.133. The Balaban J connectivity index is 1.89. The number of carbonyl (C=O) groups is 1. The summed E-state index contributed by atoms with van der Waals surface area (Å²) in [4.78, 5) is 33.6. The highest BCUT2D eigenvalue weighted by molar-refractivity contribution is 7.11. The van der Waals surface area contributed by atoms with Crippen LogP contribution in [0.1, 0.15) is 42.1 Å². The van der Waals surface area contributed by atoms with Gasteiger partial charge in [0.15, 0.2) is 4.80 Å². The molecular weight excluding hydrogens is 436 g/mol. The van der Waals surface area contributed by atoms with Crippen LogP contribution in [0, 0.1) is 12.8 Å². The summed E-state index contributed by atoms with van der Waals surface area (Å²) in [6, 6.07) is 5.39. The first-order chi connectivity index (χ1) is 14.4. The average molecular weight is 459 g/mol. The number of fused-ring (bicyclic) bond motifs is 1. The first-order valence-electron chi connectivity index (χ1n) is 9.64. The molecule has 0 N–H and O–H groups in total. The lowest BCUT2D eigenvalue weighted by molar-refractivity contribution is -0.140. The lowest BCUT2D eigenvalue weighted by Crippen LogP contribution is -2.39. The summed E-state index contributed by atoms with van der Waals surface area (Å²) in [7, 11) is 0. The molecule has 0 aromatic carbocycles. The molecule has 1 unspecified atom stereocenters. The molecule has 1 aliphatic rings. The fourth-order valence-electron chi connectivity index (χ4n) is 3.27. The number of hydrogen-bond acceptors (Lipinski definition) is 7. The normalized spacial score (nSPS) is 16.7. The molecule has 0 aliphatic carbocycles. The Kier molecular flexibility index (Phi) is 5.90. The van der Waals surface area contributed by atoms with E-state index in [2.05, 4.69) is 4.99 Å². The van der Waals surface area contributed by atoms with Crippen molar-refractivity contribution >= 4 is 46.1 Å². The van der Waals surface area contributed by atoms with Crippen molar-refractivity contribution in [1.29, 1.82) is 0 Å². The highest BCUT2D eigenvalue weighted by atomic mass is 32.1. The fraction of sp³-hybridized carbons (Fsp3) is 0.318. The number of nitrogens with zero attached hydrogens (tertiary/aromatic N) is 2. The summed E-state index contributed by atoms with van der Waals surface area (Å²) in [6.45, 7) is 8.15. The van der Waals surface area contributed by atoms with E-state index in [0.717, 1.165) is 15.3 Å². The zero-order valence-electron chi connectivity index (χ0n) is 17.2. The number of esters is 1. The lowest BCUT2D eigenvalue weighted by atomic mass is 10.0. The molecule has 3 aromatic heterocycles. The number of hydrogen-bond donors (Lipinski definition) is 0. The number of aryl methyl sites for hydroxylation is 1. The van der Waals surface area contributed by atoms with Crippen molar-refractivity contribution in [2.75, 3.05) is 6.61 Å². The standard InChI is InChI=1S/C22H22N2O3S3/c1-12(2)11-27-21(26)18-14(4)23-22-24(19(18)15-6-5-8-28-15)20(25)17(30-22)10-16-13(3)7-9-29-16/h5-10,12,19H,11H2,1-4H3. The van der Waals surface area contributed by atoms with Gasteiger partial charge in [-0.2, -0.15) is 0 Å². The van der Waals surface area contributed by atoms with Crippen LogP contribution in [-0.2, 0) is 9.53 Å². The largest absolute Gasteiger partial charge is 0.462 e. The second-order valence-electron chi connectivity index (χ2n) is 7.56. The van der Waals surface area contributed by atoms with Crippen molar-refractivity contribution < 1.29 is 9.53 Å². The van der Waals surface area contributed by atoms with Crippen LogP contribution in [0.25, 0.3) is 6.08 Å². The third kappa shape index (κ3) is 3.87. The SMILES string of the molecule is CC1=C(C(=O)OCC(C)C)C(c2cccs2)n2c(sc(=Cc3sccc3C)c2=O)=N1. The minimum Gasteiger partial charge on any atom is -0.462 e. The summed E-state index contributed by atoms with van der Waals surface area (Å²) < 4.78 is 7.79. The molecule has 0 spiro atoms. The number of ether oxygens (including phenoxy) is 1. The first kappa shape index (κ1) is 21.0. The Morgan fingerprint density at radius 2 is 2.07 bits per heavy atom. The van der Waals surface area contributed by atoms with E-state index in [1.807, 2.05) is 62.7 Å². The topological polar surface area (TPSA) is 60.7 Å². The summed E-state index contributed by atoms with van der Waals surface area (Å²) in [6.07, 6.45) is 1.92. The van der Waals surface area contributed by atoms with E-state index in [1.54, 1.807) is 15.9 Å². The molecule has 4 rings (SSSR count). The van der Waals surface area contributed by atoms with Gasteiger partial charge in [-0.25, -0.2) is 9.79 Å². The monoisotopic (exact) mass is 458 g/mol. The Labute approximate surface area is 186 Å². The lowest BCUT2D eigenvalue weighted by Gasteiger charge is -2.23. The van der Waals surface area contributed by atoms with Crippen LogP contribution < -0.4 is 14.9 Å². The molecule has 4 heterocycles. The van der Waals surface area contributed by atoms with Crippen LogP contribution in [0.4, 0.5) is 0 Å². The zero-order chi connectivity index (χ0) is 21.4. The molecule has 0 saturated heterocycles. The van der Waals surface area contributed by atoms with Gasteiger partial charge in [0.1, 0.15) is 6.04 Å². The molecule has 0 saturated carbocycles. The third-order valence-electron chi connectivity index (χ3n) is 4.77. The maximum absolute atomic E-state index is 13.4. The highest BCUT2D eigenvalue weighted by Crippen LogP contribution is 2.33. The first-order valence-corrected chi connectivity index (χ1v) is 12.2. The Hall–Kier alpha value is -2.29.